The van der Waals surface area contributed by atoms with Gasteiger partial charge in [0, 0.05) is 0 Å². The third-order valence-electron chi connectivity index (χ3n) is 5.66. The van der Waals surface area contributed by atoms with Crippen molar-refractivity contribution in [2.75, 3.05) is 14.2 Å². The van der Waals surface area contributed by atoms with Gasteiger partial charge in [-0.1, -0.05) is 42.5 Å². The highest BCUT2D eigenvalue weighted by atomic mass is 16.5. The summed E-state index contributed by atoms with van der Waals surface area (Å²) in [5.41, 5.74) is 2.98. The topological polar surface area (TPSA) is 84.9 Å². The third kappa shape index (κ3) is 4.42. The minimum atomic E-state index is -0.902. The van der Waals surface area contributed by atoms with Crippen LogP contribution in [0.1, 0.15) is 23.1 Å². The van der Waals surface area contributed by atoms with E-state index in [1.807, 2.05) is 54.6 Å². The number of urea groups is 1. The number of benzene rings is 3. The van der Waals surface area contributed by atoms with Gasteiger partial charge in [0.05, 0.1) is 27.2 Å². The van der Waals surface area contributed by atoms with Gasteiger partial charge in [-0.05, 0) is 52.1 Å². The summed E-state index contributed by atoms with van der Waals surface area (Å²) in [6, 6.07) is 18.5. The Kier molecular flexibility index (Phi) is 6.07. The van der Waals surface area contributed by atoms with E-state index in [4.69, 9.17) is 4.74 Å². The van der Waals surface area contributed by atoms with Crippen LogP contribution in [0.15, 0.2) is 60.7 Å². The molecule has 164 valence electrons. The molecule has 3 aromatic rings. The van der Waals surface area contributed by atoms with Crippen molar-refractivity contribution in [3.63, 3.8) is 0 Å². The second-order valence-electron chi connectivity index (χ2n) is 7.70. The highest BCUT2D eigenvalue weighted by molar-refractivity contribution is 6.05. The summed E-state index contributed by atoms with van der Waals surface area (Å²) in [5, 5.41) is 4.69. The van der Waals surface area contributed by atoms with Crippen molar-refractivity contribution in [1.29, 1.82) is 0 Å². The van der Waals surface area contributed by atoms with Crippen molar-refractivity contribution in [2.24, 2.45) is 0 Å². The molecule has 0 aromatic heterocycles. The van der Waals surface area contributed by atoms with Gasteiger partial charge in [0.1, 0.15) is 11.8 Å². The molecule has 1 aliphatic rings. The molecular formula is C25H24N2O5. The summed E-state index contributed by atoms with van der Waals surface area (Å²) in [6.07, 6.45) is 0.452. The molecule has 1 unspecified atom stereocenters. The Hall–Kier alpha value is -3.87. The number of ether oxygens (including phenoxy) is 2. The van der Waals surface area contributed by atoms with E-state index in [0.717, 1.165) is 38.1 Å². The van der Waals surface area contributed by atoms with Gasteiger partial charge in [-0.25, -0.2) is 4.79 Å². The van der Waals surface area contributed by atoms with Crippen LogP contribution >= 0.6 is 0 Å². The number of methoxy groups -OCH3 is 2. The Labute approximate surface area is 185 Å². The fourth-order valence-electron chi connectivity index (χ4n) is 3.89. The van der Waals surface area contributed by atoms with Gasteiger partial charge in [0.2, 0.25) is 0 Å². The van der Waals surface area contributed by atoms with Crippen LogP contribution in [0.2, 0.25) is 0 Å². The standard InChI is InChI=1S/C25H24N2O5/c1-31-21-9-7-16(8-10-21)11-19-12-17-5-3-4-6-18(17)13-20(19)15-27-24(29)22(26-25(27)30)14-23(28)32-2/h3-10,12-13,22H,11,14-15H2,1-2H3,(H,26,30). The Morgan fingerprint density at radius 2 is 1.62 bits per heavy atom. The number of carbonyl (C=O) groups is 3. The Morgan fingerprint density at radius 3 is 2.25 bits per heavy atom. The molecule has 1 heterocycles. The number of carbonyl (C=O) groups excluding carboxylic acids is 3. The predicted molar refractivity (Wildman–Crippen MR) is 119 cm³/mol. The zero-order chi connectivity index (χ0) is 22.7. The zero-order valence-corrected chi connectivity index (χ0v) is 18.0. The first kappa shape index (κ1) is 21.4. The summed E-state index contributed by atoms with van der Waals surface area (Å²) in [6.45, 7) is 0.124. The number of esters is 1. The molecular weight excluding hydrogens is 408 g/mol. The molecule has 1 atom stereocenters. The first-order valence-corrected chi connectivity index (χ1v) is 10.3. The van der Waals surface area contributed by atoms with Crippen LogP contribution in [0, 0.1) is 0 Å². The molecule has 0 spiro atoms. The monoisotopic (exact) mass is 432 g/mol. The molecule has 3 aromatic carbocycles. The fourth-order valence-corrected chi connectivity index (χ4v) is 3.89. The summed E-state index contributed by atoms with van der Waals surface area (Å²) in [4.78, 5) is 38.0. The molecule has 0 radical (unpaired) electrons. The van der Waals surface area contributed by atoms with E-state index in [0.29, 0.717) is 6.42 Å². The lowest BCUT2D eigenvalue weighted by atomic mass is 9.95. The molecule has 1 N–H and O–H groups in total. The lowest BCUT2D eigenvalue weighted by molar-refractivity contribution is -0.143. The molecule has 7 heteroatoms. The van der Waals surface area contributed by atoms with E-state index in [2.05, 4.69) is 16.1 Å². The summed E-state index contributed by atoms with van der Waals surface area (Å²) >= 11 is 0. The molecule has 0 bridgehead atoms. The predicted octanol–water partition coefficient (Wildman–Crippen LogP) is 3.42. The number of amides is 3. The third-order valence-corrected chi connectivity index (χ3v) is 5.66. The van der Waals surface area contributed by atoms with Crippen LogP contribution in [0.25, 0.3) is 10.8 Å². The molecule has 0 saturated carbocycles. The van der Waals surface area contributed by atoms with Crippen LogP contribution in [0.3, 0.4) is 0 Å². The van der Waals surface area contributed by atoms with Gasteiger partial charge in [0.25, 0.3) is 5.91 Å². The maximum Gasteiger partial charge on any atom is 0.325 e. The average Bonchev–Trinajstić information content (AvgIpc) is 3.07. The van der Waals surface area contributed by atoms with Crippen LogP contribution in [0.5, 0.6) is 5.75 Å². The highest BCUT2D eigenvalue weighted by Gasteiger charge is 2.39. The molecule has 1 saturated heterocycles. The Balaban J connectivity index is 1.64. The van der Waals surface area contributed by atoms with Crippen LogP contribution in [-0.2, 0) is 27.3 Å². The number of nitrogens with zero attached hydrogens (tertiary/aromatic N) is 1. The molecule has 3 amide bonds. The number of fused-ring (bicyclic) bond motifs is 1. The van der Waals surface area contributed by atoms with Crippen molar-refractivity contribution in [2.45, 2.75) is 25.4 Å². The lowest BCUT2D eigenvalue weighted by Gasteiger charge is -2.17. The highest BCUT2D eigenvalue weighted by Crippen LogP contribution is 2.26. The number of imide groups is 1. The van der Waals surface area contributed by atoms with Crippen LogP contribution < -0.4 is 10.1 Å². The van der Waals surface area contributed by atoms with E-state index in [1.54, 1.807) is 7.11 Å². The molecule has 1 aliphatic heterocycles. The normalized spacial score (nSPS) is 15.7. The first-order chi connectivity index (χ1) is 15.5. The van der Waals surface area contributed by atoms with E-state index < -0.39 is 23.9 Å². The van der Waals surface area contributed by atoms with E-state index in [-0.39, 0.29) is 13.0 Å². The van der Waals surface area contributed by atoms with E-state index >= 15 is 0 Å². The van der Waals surface area contributed by atoms with Crippen LogP contribution in [0.4, 0.5) is 4.79 Å². The van der Waals surface area contributed by atoms with Crippen molar-refractivity contribution >= 4 is 28.7 Å². The number of rotatable bonds is 7. The molecule has 7 nitrogen and oxygen atoms in total. The van der Waals surface area contributed by atoms with Crippen molar-refractivity contribution in [1.82, 2.24) is 10.2 Å². The van der Waals surface area contributed by atoms with Gasteiger partial charge in [-0.15, -0.1) is 0 Å². The summed E-state index contributed by atoms with van der Waals surface area (Å²) in [7, 11) is 2.88. The Bertz CT molecular complexity index is 1170. The Morgan fingerprint density at radius 1 is 0.969 bits per heavy atom. The minimum Gasteiger partial charge on any atom is -0.497 e. The van der Waals surface area contributed by atoms with Crippen molar-refractivity contribution in [3.05, 3.63) is 77.4 Å². The van der Waals surface area contributed by atoms with Crippen LogP contribution in [-0.4, -0.2) is 43.1 Å². The van der Waals surface area contributed by atoms with Gasteiger partial charge in [0.15, 0.2) is 0 Å². The summed E-state index contributed by atoms with van der Waals surface area (Å²) in [5.74, 6) is -0.191. The maximum absolute atomic E-state index is 12.8. The van der Waals surface area contributed by atoms with Crippen molar-refractivity contribution < 1.29 is 23.9 Å². The van der Waals surface area contributed by atoms with Crippen molar-refractivity contribution in [3.8, 4) is 5.75 Å². The molecule has 4 rings (SSSR count). The SMILES string of the molecule is COC(=O)CC1NC(=O)N(Cc2cc3ccccc3cc2Cc2ccc(OC)cc2)C1=O. The lowest BCUT2D eigenvalue weighted by Crippen LogP contribution is -2.32. The summed E-state index contributed by atoms with van der Waals surface area (Å²) < 4.78 is 9.87. The van der Waals surface area contributed by atoms with Gasteiger partial charge >= 0.3 is 12.0 Å². The number of hydrogen-bond donors (Lipinski definition) is 1. The first-order valence-electron chi connectivity index (χ1n) is 10.3. The maximum atomic E-state index is 12.8. The largest absolute Gasteiger partial charge is 0.497 e. The minimum absolute atomic E-state index is 0.124. The molecule has 0 aliphatic carbocycles. The quantitative estimate of drug-likeness (QED) is 0.457. The van der Waals surface area contributed by atoms with E-state index in [9.17, 15) is 14.4 Å². The van der Waals surface area contributed by atoms with Gasteiger partial charge < -0.3 is 14.8 Å². The number of hydrogen-bond acceptors (Lipinski definition) is 5. The smallest absolute Gasteiger partial charge is 0.325 e. The average molecular weight is 432 g/mol. The van der Waals surface area contributed by atoms with Gasteiger partial charge in [-0.2, -0.15) is 0 Å². The second kappa shape index (κ2) is 9.09. The second-order valence-corrected chi connectivity index (χ2v) is 7.70. The van der Waals surface area contributed by atoms with E-state index in [1.165, 1.54) is 7.11 Å². The molecule has 32 heavy (non-hydrogen) atoms. The molecule has 1 fully saturated rings. The fraction of sp³-hybridized carbons (Fsp3) is 0.240. The zero-order valence-electron chi connectivity index (χ0n) is 18.0. The van der Waals surface area contributed by atoms with Gasteiger partial charge in [-0.3, -0.25) is 14.5 Å². The number of nitrogens with one attached hydrogen (secondary N) is 1.